The SMILES string of the molecule is CCCCCCC(C(C)O)n1cnc2c(NN)ncnc21. The number of nitrogens with one attached hydrogen (secondary N) is 1. The summed E-state index contributed by atoms with van der Waals surface area (Å²) in [5.74, 6) is 5.93. The Balaban J connectivity index is 2.24. The molecule has 0 fully saturated rings. The van der Waals surface area contributed by atoms with E-state index in [0.29, 0.717) is 17.0 Å². The fourth-order valence-corrected chi connectivity index (χ4v) is 2.59. The van der Waals surface area contributed by atoms with Crippen molar-refractivity contribution >= 4 is 17.0 Å². The number of aromatic nitrogens is 4. The minimum atomic E-state index is -0.465. The average Bonchev–Trinajstić information content (AvgIpc) is 2.90. The molecule has 0 amide bonds. The second kappa shape index (κ2) is 7.33. The summed E-state index contributed by atoms with van der Waals surface area (Å²) < 4.78 is 1.93. The van der Waals surface area contributed by atoms with Gasteiger partial charge in [-0.1, -0.05) is 32.6 Å². The molecule has 0 aliphatic carbocycles. The highest BCUT2D eigenvalue weighted by Gasteiger charge is 2.20. The van der Waals surface area contributed by atoms with Gasteiger partial charge in [0.05, 0.1) is 18.5 Å². The topological polar surface area (TPSA) is 102 Å². The standard InChI is InChI=1S/C14H24N6O/c1-3-4-5-6-7-11(10(2)21)20-9-18-12-13(19-15)16-8-17-14(12)20/h8-11,21H,3-7,15H2,1-2H3,(H,16,17,19). The maximum Gasteiger partial charge on any atom is 0.171 e. The van der Waals surface area contributed by atoms with Gasteiger partial charge in [-0.25, -0.2) is 20.8 Å². The highest BCUT2D eigenvalue weighted by atomic mass is 16.3. The number of rotatable bonds is 8. The van der Waals surface area contributed by atoms with E-state index in [0.717, 1.165) is 12.8 Å². The minimum absolute atomic E-state index is 0.0348. The smallest absolute Gasteiger partial charge is 0.171 e. The molecule has 0 radical (unpaired) electrons. The van der Waals surface area contributed by atoms with E-state index in [4.69, 9.17) is 5.84 Å². The largest absolute Gasteiger partial charge is 0.391 e. The Kier molecular flexibility index (Phi) is 5.46. The molecule has 2 aromatic rings. The molecule has 0 bridgehead atoms. The van der Waals surface area contributed by atoms with Crippen LogP contribution in [0.3, 0.4) is 0 Å². The summed E-state index contributed by atoms with van der Waals surface area (Å²) in [6.45, 7) is 3.99. The first kappa shape index (κ1) is 15.7. The summed E-state index contributed by atoms with van der Waals surface area (Å²) in [6, 6.07) is -0.0348. The zero-order valence-corrected chi connectivity index (χ0v) is 12.7. The Morgan fingerprint density at radius 3 is 2.76 bits per heavy atom. The van der Waals surface area contributed by atoms with Crippen molar-refractivity contribution in [2.75, 3.05) is 5.43 Å². The van der Waals surface area contributed by atoms with Gasteiger partial charge < -0.3 is 15.1 Å². The molecule has 2 atom stereocenters. The van der Waals surface area contributed by atoms with Crippen LogP contribution in [-0.4, -0.2) is 30.7 Å². The molecule has 0 aliphatic rings. The summed E-state index contributed by atoms with van der Waals surface area (Å²) in [4.78, 5) is 12.6. The quantitative estimate of drug-likeness (QED) is 0.391. The van der Waals surface area contributed by atoms with Crippen LogP contribution >= 0.6 is 0 Å². The summed E-state index contributed by atoms with van der Waals surface area (Å²) in [5.41, 5.74) is 3.84. The number of nitrogen functional groups attached to an aromatic ring is 1. The maximum atomic E-state index is 10.1. The Labute approximate surface area is 124 Å². The van der Waals surface area contributed by atoms with Crippen LogP contribution in [-0.2, 0) is 0 Å². The number of nitrogens with two attached hydrogens (primary N) is 1. The monoisotopic (exact) mass is 292 g/mol. The molecule has 0 saturated carbocycles. The molecule has 116 valence electrons. The van der Waals surface area contributed by atoms with Gasteiger partial charge >= 0.3 is 0 Å². The van der Waals surface area contributed by atoms with Gasteiger partial charge in [0.15, 0.2) is 17.0 Å². The second-order valence-electron chi connectivity index (χ2n) is 5.35. The first-order valence-corrected chi connectivity index (χ1v) is 7.51. The number of unbranched alkanes of at least 4 members (excludes halogenated alkanes) is 3. The maximum absolute atomic E-state index is 10.1. The van der Waals surface area contributed by atoms with E-state index >= 15 is 0 Å². The molecule has 2 unspecified atom stereocenters. The van der Waals surface area contributed by atoms with Gasteiger partial charge in [-0.2, -0.15) is 0 Å². The Morgan fingerprint density at radius 1 is 1.29 bits per heavy atom. The fourth-order valence-electron chi connectivity index (χ4n) is 2.59. The van der Waals surface area contributed by atoms with Crippen LogP contribution in [0.4, 0.5) is 5.82 Å². The van der Waals surface area contributed by atoms with Crippen LogP contribution in [0, 0.1) is 0 Å². The third-order valence-corrected chi connectivity index (χ3v) is 3.76. The van der Waals surface area contributed by atoms with Gasteiger partial charge in [-0.05, 0) is 13.3 Å². The van der Waals surface area contributed by atoms with Crippen LogP contribution < -0.4 is 11.3 Å². The van der Waals surface area contributed by atoms with Crippen molar-refractivity contribution in [3.8, 4) is 0 Å². The van der Waals surface area contributed by atoms with Crippen LogP contribution in [0.15, 0.2) is 12.7 Å². The van der Waals surface area contributed by atoms with E-state index in [2.05, 4.69) is 27.3 Å². The normalized spacial score (nSPS) is 14.3. The summed E-state index contributed by atoms with van der Waals surface area (Å²) in [7, 11) is 0. The van der Waals surface area contributed by atoms with Crippen LogP contribution in [0.2, 0.25) is 0 Å². The first-order chi connectivity index (χ1) is 10.2. The molecule has 0 aromatic carbocycles. The molecule has 0 saturated heterocycles. The molecule has 2 rings (SSSR count). The second-order valence-corrected chi connectivity index (χ2v) is 5.35. The van der Waals surface area contributed by atoms with Gasteiger partial charge in [0.1, 0.15) is 6.33 Å². The molecule has 2 aromatic heterocycles. The van der Waals surface area contributed by atoms with Gasteiger partial charge in [-0.15, -0.1) is 0 Å². The lowest BCUT2D eigenvalue weighted by atomic mass is 10.0. The lowest BCUT2D eigenvalue weighted by Crippen LogP contribution is -2.21. The number of hydrazine groups is 1. The Hall–Kier alpha value is -1.73. The number of aliphatic hydroxyl groups is 1. The number of fused-ring (bicyclic) bond motifs is 1. The number of hydrogen-bond acceptors (Lipinski definition) is 6. The van der Waals surface area contributed by atoms with E-state index in [1.54, 1.807) is 13.3 Å². The zero-order chi connectivity index (χ0) is 15.2. The van der Waals surface area contributed by atoms with Crippen LogP contribution in [0.5, 0.6) is 0 Å². The molecule has 0 spiro atoms. The lowest BCUT2D eigenvalue weighted by Gasteiger charge is -2.21. The highest BCUT2D eigenvalue weighted by Crippen LogP contribution is 2.26. The van der Waals surface area contributed by atoms with Crippen molar-refractivity contribution in [2.24, 2.45) is 5.84 Å². The Bertz CT molecular complexity index is 568. The van der Waals surface area contributed by atoms with Crippen molar-refractivity contribution in [3.63, 3.8) is 0 Å². The summed E-state index contributed by atoms with van der Waals surface area (Å²) >= 11 is 0. The van der Waals surface area contributed by atoms with Gasteiger partial charge in [0.2, 0.25) is 0 Å². The number of anilines is 1. The molecular formula is C14H24N6O. The third kappa shape index (κ3) is 3.48. The van der Waals surface area contributed by atoms with E-state index in [1.165, 1.54) is 25.6 Å². The highest BCUT2D eigenvalue weighted by molar-refractivity contribution is 5.82. The molecule has 7 heteroatoms. The fraction of sp³-hybridized carbons (Fsp3) is 0.643. The number of imidazole rings is 1. The van der Waals surface area contributed by atoms with E-state index in [-0.39, 0.29) is 6.04 Å². The van der Waals surface area contributed by atoms with E-state index in [9.17, 15) is 5.11 Å². The van der Waals surface area contributed by atoms with E-state index in [1.807, 2.05) is 4.57 Å². The zero-order valence-electron chi connectivity index (χ0n) is 12.7. The molecule has 7 nitrogen and oxygen atoms in total. The average molecular weight is 292 g/mol. The first-order valence-electron chi connectivity index (χ1n) is 7.51. The molecule has 0 aliphatic heterocycles. The number of hydrogen-bond donors (Lipinski definition) is 3. The summed E-state index contributed by atoms with van der Waals surface area (Å²) in [5, 5.41) is 10.1. The third-order valence-electron chi connectivity index (χ3n) is 3.76. The minimum Gasteiger partial charge on any atom is -0.391 e. The van der Waals surface area contributed by atoms with Crippen LogP contribution in [0.25, 0.3) is 11.2 Å². The number of aliphatic hydroxyl groups excluding tert-OH is 1. The predicted octanol–water partition coefficient (Wildman–Crippen LogP) is 2.00. The number of nitrogens with zero attached hydrogens (tertiary/aromatic N) is 4. The molecule has 2 heterocycles. The van der Waals surface area contributed by atoms with Crippen molar-refractivity contribution in [2.45, 2.75) is 58.1 Å². The van der Waals surface area contributed by atoms with Crippen molar-refractivity contribution in [1.29, 1.82) is 0 Å². The lowest BCUT2D eigenvalue weighted by molar-refractivity contribution is 0.124. The van der Waals surface area contributed by atoms with Crippen LogP contribution in [0.1, 0.15) is 52.0 Å². The van der Waals surface area contributed by atoms with Crippen molar-refractivity contribution in [1.82, 2.24) is 19.5 Å². The van der Waals surface area contributed by atoms with Gasteiger partial charge in [0, 0.05) is 0 Å². The molecular weight excluding hydrogens is 268 g/mol. The van der Waals surface area contributed by atoms with Gasteiger partial charge in [-0.3, -0.25) is 0 Å². The molecule has 21 heavy (non-hydrogen) atoms. The molecule has 4 N–H and O–H groups in total. The summed E-state index contributed by atoms with van der Waals surface area (Å²) in [6.07, 6.45) is 8.27. The predicted molar refractivity (Wildman–Crippen MR) is 82.6 cm³/mol. The van der Waals surface area contributed by atoms with E-state index < -0.39 is 6.10 Å². The Morgan fingerprint density at radius 2 is 2.10 bits per heavy atom. The van der Waals surface area contributed by atoms with Gasteiger partial charge in [0.25, 0.3) is 0 Å². The van der Waals surface area contributed by atoms with Crippen molar-refractivity contribution < 1.29 is 5.11 Å². The van der Waals surface area contributed by atoms with Crippen molar-refractivity contribution in [3.05, 3.63) is 12.7 Å².